The van der Waals surface area contributed by atoms with E-state index in [0.29, 0.717) is 11.8 Å². The second-order valence-corrected chi connectivity index (χ2v) is 7.98. The molecule has 0 aromatic heterocycles. The van der Waals surface area contributed by atoms with E-state index in [2.05, 4.69) is 60.1 Å². The van der Waals surface area contributed by atoms with Gasteiger partial charge in [0.1, 0.15) is 0 Å². The highest BCUT2D eigenvalue weighted by Gasteiger charge is 2.30. The van der Waals surface area contributed by atoms with Crippen molar-refractivity contribution in [2.75, 3.05) is 32.7 Å². The van der Waals surface area contributed by atoms with Crippen LogP contribution in [-0.2, 0) is 4.79 Å². The first-order valence-corrected chi connectivity index (χ1v) is 9.85. The summed E-state index contributed by atoms with van der Waals surface area (Å²) in [5.41, 5.74) is 2.66. The molecule has 1 unspecified atom stereocenters. The Labute approximate surface area is 152 Å². The number of benzene rings is 1. The van der Waals surface area contributed by atoms with Gasteiger partial charge in [-0.25, -0.2) is 0 Å². The SMILES string of the molecule is C/C(=C\c1ccccc1)CN1CCC(C(=O)N2CCCC(C)C2)CC1. The molecule has 1 aromatic rings. The quantitative estimate of drug-likeness (QED) is 0.825. The van der Waals surface area contributed by atoms with Gasteiger partial charge in [0, 0.05) is 25.6 Å². The Hall–Kier alpha value is -1.61. The zero-order valence-electron chi connectivity index (χ0n) is 15.8. The zero-order valence-corrected chi connectivity index (χ0v) is 15.8. The minimum Gasteiger partial charge on any atom is -0.342 e. The van der Waals surface area contributed by atoms with Crippen molar-refractivity contribution in [2.24, 2.45) is 11.8 Å². The summed E-state index contributed by atoms with van der Waals surface area (Å²) in [6, 6.07) is 10.5. The molecule has 1 aromatic carbocycles. The number of hydrogen-bond donors (Lipinski definition) is 0. The summed E-state index contributed by atoms with van der Waals surface area (Å²) in [7, 11) is 0. The molecule has 3 nitrogen and oxygen atoms in total. The fraction of sp³-hybridized carbons (Fsp3) is 0.591. The molecule has 0 spiro atoms. The average Bonchev–Trinajstić information content (AvgIpc) is 2.62. The summed E-state index contributed by atoms with van der Waals surface area (Å²) in [5, 5.41) is 0. The van der Waals surface area contributed by atoms with Crippen LogP contribution in [0.3, 0.4) is 0 Å². The van der Waals surface area contributed by atoms with E-state index in [1.807, 2.05) is 0 Å². The van der Waals surface area contributed by atoms with E-state index in [1.165, 1.54) is 24.0 Å². The van der Waals surface area contributed by atoms with Gasteiger partial charge in [-0.2, -0.15) is 0 Å². The Kier molecular flexibility index (Phi) is 6.30. The molecular formula is C22H32N2O. The van der Waals surface area contributed by atoms with Gasteiger partial charge in [-0.3, -0.25) is 9.69 Å². The minimum absolute atomic E-state index is 0.250. The van der Waals surface area contributed by atoms with Crippen LogP contribution >= 0.6 is 0 Å². The Balaban J connectivity index is 1.47. The van der Waals surface area contributed by atoms with Gasteiger partial charge in [0.25, 0.3) is 0 Å². The fourth-order valence-electron chi connectivity index (χ4n) is 4.22. The number of carbonyl (C=O) groups is 1. The summed E-state index contributed by atoms with van der Waals surface area (Å²) in [4.78, 5) is 17.4. The Morgan fingerprint density at radius 3 is 2.52 bits per heavy atom. The largest absolute Gasteiger partial charge is 0.342 e. The lowest BCUT2D eigenvalue weighted by molar-refractivity contribution is -0.138. The summed E-state index contributed by atoms with van der Waals surface area (Å²) in [5.74, 6) is 1.34. The molecule has 0 saturated carbocycles. The lowest BCUT2D eigenvalue weighted by atomic mass is 9.92. The molecule has 1 amide bonds. The van der Waals surface area contributed by atoms with Crippen molar-refractivity contribution < 1.29 is 4.79 Å². The maximum atomic E-state index is 12.8. The Morgan fingerprint density at radius 2 is 1.84 bits per heavy atom. The minimum atomic E-state index is 0.250. The second kappa shape index (κ2) is 8.66. The first-order chi connectivity index (χ1) is 12.1. The zero-order chi connectivity index (χ0) is 17.6. The first-order valence-electron chi connectivity index (χ1n) is 9.85. The van der Waals surface area contributed by atoms with Crippen LogP contribution in [0.2, 0.25) is 0 Å². The molecular weight excluding hydrogens is 308 g/mol. The summed E-state index contributed by atoms with van der Waals surface area (Å²) >= 11 is 0. The third kappa shape index (κ3) is 5.18. The molecule has 2 fully saturated rings. The number of likely N-dealkylation sites (tertiary alicyclic amines) is 2. The Bertz CT molecular complexity index is 587. The van der Waals surface area contributed by atoms with E-state index >= 15 is 0 Å². The van der Waals surface area contributed by atoms with Crippen molar-refractivity contribution in [1.82, 2.24) is 9.80 Å². The molecule has 2 saturated heterocycles. The lowest BCUT2D eigenvalue weighted by Gasteiger charge is -2.37. The molecule has 2 aliphatic rings. The van der Waals surface area contributed by atoms with Crippen LogP contribution in [0.25, 0.3) is 6.08 Å². The molecule has 25 heavy (non-hydrogen) atoms. The van der Waals surface area contributed by atoms with Gasteiger partial charge in [0.05, 0.1) is 0 Å². The number of hydrogen-bond acceptors (Lipinski definition) is 2. The molecule has 0 bridgehead atoms. The van der Waals surface area contributed by atoms with Crippen molar-refractivity contribution in [3.8, 4) is 0 Å². The van der Waals surface area contributed by atoms with Crippen LogP contribution < -0.4 is 0 Å². The summed E-state index contributed by atoms with van der Waals surface area (Å²) in [6.07, 6.45) is 6.75. The van der Waals surface area contributed by atoms with Crippen LogP contribution in [0.1, 0.15) is 45.1 Å². The molecule has 3 heteroatoms. The third-order valence-corrected chi connectivity index (χ3v) is 5.59. The first kappa shape index (κ1) is 18.2. The third-order valence-electron chi connectivity index (χ3n) is 5.59. The Morgan fingerprint density at radius 1 is 1.12 bits per heavy atom. The molecule has 2 aliphatic heterocycles. The predicted molar refractivity (Wildman–Crippen MR) is 104 cm³/mol. The molecule has 0 aliphatic carbocycles. The number of carbonyl (C=O) groups excluding carboxylic acids is 1. The van der Waals surface area contributed by atoms with E-state index in [4.69, 9.17) is 0 Å². The van der Waals surface area contributed by atoms with E-state index in [1.54, 1.807) is 0 Å². The van der Waals surface area contributed by atoms with Crippen molar-refractivity contribution in [1.29, 1.82) is 0 Å². The van der Waals surface area contributed by atoms with Gasteiger partial charge in [-0.1, -0.05) is 48.9 Å². The van der Waals surface area contributed by atoms with Crippen LogP contribution in [0, 0.1) is 11.8 Å². The number of rotatable bonds is 4. The van der Waals surface area contributed by atoms with Gasteiger partial charge in [0.15, 0.2) is 0 Å². The van der Waals surface area contributed by atoms with Crippen molar-refractivity contribution >= 4 is 12.0 Å². The predicted octanol–water partition coefficient (Wildman–Crippen LogP) is 4.06. The number of piperidine rings is 2. The lowest BCUT2D eigenvalue weighted by Crippen LogP contribution is -2.46. The van der Waals surface area contributed by atoms with Crippen LogP contribution in [-0.4, -0.2) is 48.4 Å². The van der Waals surface area contributed by atoms with Crippen LogP contribution in [0.4, 0.5) is 0 Å². The molecule has 3 rings (SSSR count). The van der Waals surface area contributed by atoms with E-state index in [0.717, 1.165) is 45.6 Å². The highest BCUT2D eigenvalue weighted by Crippen LogP contribution is 2.24. The molecule has 1 atom stereocenters. The van der Waals surface area contributed by atoms with Crippen molar-refractivity contribution in [2.45, 2.75) is 39.5 Å². The van der Waals surface area contributed by atoms with Crippen LogP contribution in [0.15, 0.2) is 35.9 Å². The smallest absolute Gasteiger partial charge is 0.225 e. The molecule has 0 radical (unpaired) electrons. The van der Waals surface area contributed by atoms with Crippen molar-refractivity contribution in [3.63, 3.8) is 0 Å². The normalized spacial score (nSPS) is 23.7. The van der Waals surface area contributed by atoms with Gasteiger partial charge >= 0.3 is 0 Å². The standard InChI is InChI=1S/C22H32N2O/c1-18-7-6-12-24(17-18)22(25)21-10-13-23(14-11-21)16-19(2)15-20-8-4-3-5-9-20/h3-5,8-9,15,18,21H,6-7,10-14,16-17H2,1-2H3/b19-15+. The van der Waals surface area contributed by atoms with Gasteiger partial charge < -0.3 is 4.90 Å². The van der Waals surface area contributed by atoms with Gasteiger partial charge in [-0.15, -0.1) is 0 Å². The molecule has 0 N–H and O–H groups in total. The van der Waals surface area contributed by atoms with E-state index < -0.39 is 0 Å². The highest BCUT2D eigenvalue weighted by molar-refractivity contribution is 5.79. The maximum Gasteiger partial charge on any atom is 0.225 e. The van der Waals surface area contributed by atoms with Gasteiger partial charge in [-0.05, 0) is 57.2 Å². The van der Waals surface area contributed by atoms with Gasteiger partial charge in [0.2, 0.25) is 5.91 Å². The average molecular weight is 341 g/mol. The van der Waals surface area contributed by atoms with Crippen molar-refractivity contribution in [3.05, 3.63) is 41.5 Å². The monoisotopic (exact) mass is 340 g/mol. The molecule has 2 heterocycles. The van der Waals surface area contributed by atoms with E-state index in [9.17, 15) is 4.79 Å². The maximum absolute atomic E-state index is 12.8. The second-order valence-electron chi connectivity index (χ2n) is 7.98. The fourth-order valence-corrected chi connectivity index (χ4v) is 4.22. The number of amides is 1. The summed E-state index contributed by atoms with van der Waals surface area (Å²) < 4.78 is 0. The summed E-state index contributed by atoms with van der Waals surface area (Å²) in [6.45, 7) is 9.51. The van der Waals surface area contributed by atoms with E-state index in [-0.39, 0.29) is 5.92 Å². The van der Waals surface area contributed by atoms with Crippen LogP contribution in [0.5, 0.6) is 0 Å². The number of nitrogens with zero attached hydrogens (tertiary/aromatic N) is 2. The highest BCUT2D eigenvalue weighted by atomic mass is 16.2. The molecule has 136 valence electrons. The topological polar surface area (TPSA) is 23.6 Å².